The first-order valence-corrected chi connectivity index (χ1v) is 8.23. The molecule has 1 heterocycles. The molecule has 0 saturated carbocycles. The number of halogens is 3. The maximum absolute atomic E-state index is 6.20. The number of anilines is 1. The Hall–Kier alpha value is -0.220. The first-order valence-electron chi connectivity index (χ1n) is 5.86. The summed E-state index contributed by atoms with van der Waals surface area (Å²) in [7, 11) is 0. The summed E-state index contributed by atoms with van der Waals surface area (Å²) in [5.74, 6) is 0. The number of hydrogen-bond acceptors (Lipinski definition) is 2. The molecule has 0 aliphatic rings. The van der Waals surface area contributed by atoms with Crippen molar-refractivity contribution in [3.05, 3.63) is 48.0 Å². The molecule has 1 nitrogen and oxygen atoms in total. The Labute approximate surface area is 136 Å². The van der Waals surface area contributed by atoms with Crippen LogP contribution in [-0.2, 0) is 0 Å². The van der Waals surface area contributed by atoms with Crippen LogP contribution in [0.15, 0.2) is 22.7 Å². The van der Waals surface area contributed by atoms with Gasteiger partial charge in [0.25, 0.3) is 0 Å². The summed E-state index contributed by atoms with van der Waals surface area (Å²) in [4.78, 5) is 0. The predicted octanol–water partition coefficient (Wildman–Crippen LogP) is 6.61. The first kappa shape index (κ1) is 15.2. The highest BCUT2D eigenvalue weighted by Gasteiger charge is 2.15. The molecule has 0 fully saturated rings. The van der Waals surface area contributed by atoms with Gasteiger partial charge in [0.1, 0.15) is 0 Å². The molecule has 0 aliphatic heterocycles. The second-order valence-corrected chi connectivity index (χ2v) is 7.76. The van der Waals surface area contributed by atoms with Crippen molar-refractivity contribution < 1.29 is 0 Å². The van der Waals surface area contributed by atoms with Crippen LogP contribution in [0.25, 0.3) is 0 Å². The number of thiophene rings is 1. The number of nitrogens with one attached hydrogen (secondary N) is 1. The fourth-order valence-corrected chi connectivity index (χ4v) is 4.41. The third-order valence-electron chi connectivity index (χ3n) is 3.01. The van der Waals surface area contributed by atoms with Crippen molar-refractivity contribution in [1.82, 2.24) is 0 Å². The summed E-state index contributed by atoms with van der Waals surface area (Å²) in [5, 5.41) is 3.52. The van der Waals surface area contributed by atoms with Gasteiger partial charge in [0.2, 0.25) is 0 Å². The predicted molar refractivity (Wildman–Crippen MR) is 90.0 cm³/mol. The lowest BCUT2D eigenvalue weighted by molar-refractivity contribution is 0.886. The average molecular weight is 379 g/mol. The molecule has 0 amide bonds. The summed E-state index contributed by atoms with van der Waals surface area (Å²) < 4.78 is 2.56. The molecule has 1 N–H and O–H groups in total. The third kappa shape index (κ3) is 3.46. The fraction of sp³-hybridized carbons (Fsp3) is 0.286. The molecule has 0 radical (unpaired) electrons. The average Bonchev–Trinajstić information content (AvgIpc) is 2.62. The van der Waals surface area contributed by atoms with Gasteiger partial charge in [-0.1, -0.05) is 39.1 Å². The highest BCUT2D eigenvalue weighted by Crippen LogP contribution is 2.37. The van der Waals surface area contributed by atoms with Crippen LogP contribution in [0.1, 0.15) is 29.7 Å². The molecule has 1 aromatic carbocycles. The van der Waals surface area contributed by atoms with Gasteiger partial charge >= 0.3 is 0 Å². The molecule has 19 heavy (non-hydrogen) atoms. The molecule has 1 atom stereocenters. The molecule has 2 rings (SSSR count). The largest absolute Gasteiger partial charge is 0.378 e. The van der Waals surface area contributed by atoms with E-state index in [1.807, 2.05) is 6.07 Å². The quantitative estimate of drug-likeness (QED) is 0.633. The van der Waals surface area contributed by atoms with E-state index in [4.69, 9.17) is 23.2 Å². The molecular formula is C14H14BrCl2NS. The zero-order valence-corrected chi connectivity index (χ0v) is 14.8. The van der Waals surface area contributed by atoms with Crippen molar-refractivity contribution in [2.24, 2.45) is 0 Å². The SMILES string of the molecule is Cc1cc(Br)cc(C)c1NC(C)c1cc(Cl)sc1Cl. The molecule has 0 aliphatic carbocycles. The summed E-state index contributed by atoms with van der Waals surface area (Å²) in [6, 6.07) is 6.25. The Morgan fingerprint density at radius 1 is 1.16 bits per heavy atom. The maximum atomic E-state index is 6.20. The lowest BCUT2D eigenvalue weighted by Gasteiger charge is -2.19. The van der Waals surface area contributed by atoms with Crippen molar-refractivity contribution in [3.8, 4) is 0 Å². The summed E-state index contributed by atoms with van der Waals surface area (Å²) in [6.45, 7) is 6.27. The van der Waals surface area contributed by atoms with Crippen LogP contribution in [-0.4, -0.2) is 0 Å². The molecule has 1 aromatic heterocycles. The standard InChI is InChI=1S/C14H14BrCl2NS/c1-7-4-10(15)5-8(2)13(7)18-9(3)11-6-12(16)19-14(11)17/h4-6,9,18H,1-3H3. The number of hydrogen-bond donors (Lipinski definition) is 1. The minimum absolute atomic E-state index is 0.120. The van der Waals surface area contributed by atoms with Crippen LogP contribution in [0.5, 0.6) is 0 Å². The Morgan fingerprint density at radius 2 is 1.74 bits per heavy atom. The Kier molecular flexibility index (Phi) is 4.83. The Balaban J connectivity index is 2.29. The van der Waals surface area contributed by atoms with Gasteiger partial charge in [0.05, 0.1) is 14.7 Å². The van der Waals surface area contributed by atoms with E-state index in [2.05, 4.69) is 54.2 Å². The molecule has 102 valence electrons. The van der Waals surface area contributed by atoms with E-state index in [1.54, 1.807) is 0 Å². The first-order chi connectivity index (χ1) is 8.88. The Bertz CT molecular complexity index is 586. The van der Waals surface area contributed by atoms with E-state index in [0.717, 1.165) is 24.4 Å². The van der Waals surface area contributed by atoms with Gasteiger partial charge in [-0.25, -0.2) is 0 Å². The van der Waals surface area contributed by atoms with Gasteiger partial charge in [0, 0.05) is 15.7 Å². The Morgan fingerprint density at radius 3 is 2.21 bits per heavy atom. The van der Waals surface area contributed by atoms with E-state index >= 15 is 0 Å². The number of aryl methyl sites for hydroxylation is 2. The van der Waals surface area contributed by atoms with Gasteiger partial charge in [-0.15, -0.1) is 11.3 Å². The van der Waals surface area contributed by atoms with Crippen LogP contribution in [0.4, 0.5) is 5.69 Å². The second-order valence-electron chi connectivity index (χ2n) is 4.56. The normalized spacial score (nSPS) is 12.5. The highest BCUT2D eigenvalue weighted by atomic mass is 79.9. The molecule has 5 heteroatoms. The molecule has 2 aromatic rings. The van der Waals surface area contributed by atoms with Crippen LogP contribution in [0.3, 0.4) is 0 Å². The van der Waals surface area contributed by atoms with E-state index in [0.29, 0.717) is 0 Å². The second kappa shape index (κ2) is 6.04. The zero-order valence-electron chi connectivity index (χ0n) is 10.9. The number of rotatable bonds is 3. The van der Waals surface area contributed by atoms with E-state index < -0.39 is 0 Å². The highest BCUT2D eigenvalue weighted by molar-refractivity contribution is 9.10. The minimum atomic E-state index is 0.120. The van der Waals surface area contributed by atoms with Crippen molar-refractivity contribution in [2.75, 3.05) is 5.32 Å². The smallest absolute Gasteiger partial charge is 0.0996 e. The van der Waals surface area contributed by atoms with E-state index in [1.165, 1.54) is 22.5 Å². The van der Waals surface area contributed by atoms with Crippen LogP contribution < -0.4 is 5.32 Å². The van der Waals surface area contributed by atoms with Gasteiger partial charge in [-0.3, -0.25) is 0 Å². The monoisotopic (exact) mass is 377 g/mol. The van der Waals surface area contributed by atoms with Crippen molar-refractivity contribution >= 4 is 56.2 Å². The van der Waals surface area contributed by atoms with Crippen molar-refractivity contribution in [1.29, 1.82) is 0 Å². The van der Waals surface area contributed by atoms with E-state index in [-0.39, 0.29) is 6.04 Å². The maximum Gasteiger partial charge on any atom is 0.0996 e. The molecule has 1 unspecified atom stereocenters. The van der Waals surface area contributed by atoms with Crippen molar-refractivity contribution in [3.63, 3.8) is 0 Å². The molecule has 0 spiro atoms. The summed E-state index contributed by atoms with van der Waals surface area (Å²) in [5.41, 5.74) is 4.60. The lowest BCUT2D eigenvalue weighted by Crippen LogP contribution is -2.08. The van der Waals surface area contributed by atoms with E-state index in [9.17, 15) is 0 Å². The van der Waals surface area contributed by atoms with Crippen LogP contribution in [0.2, 0.25) is 8.67 Å². The lowest BCUT2D eigenvalue weighted by atomic mass is 10.1. The number of benzene rings is 1. The van der Waals surface area contributed by atoms with Gasteiger partial charge in [-0.05, 0) is 50.1 Å². The van der Waals surface area contributed by atoms with Gasteiger partial charge in [0.15, 0.2) is 0 Å². The van der Waals surface area contributed by atoms with Crippen molar-refractivity contribution in [2.45, 2.75) is 26.8 Å². The van der Waals surface area contributed by atoms with Gasteiger partial charge < -0.3 is 5.32 Å². The van der Waals surface area contributed by atoms with Crippen LogP contribution in [0, 0.1) is 13.8 Å². The van der Waals surface area contributed by atoms with Crippen LogP contribution >= 0.6 is 50.5 Å². The molecular weight excluding hydrogens is 365 g/mol. The zero-order chi connectivity index (χ0) is 14.2. The summed E-state index contributed by atoms with van der Waals surface area (Å²) >= 11 is 17.1. The third-order valence-corrected chi connectivity index (χ3v) is 4.98. The minimum Gasteiger partial charge on any atom is -0.378 e. The molecule has 0 bridgehead atoms. The molecule has 0 saturated heterocycles. The fourth-order valence-electron chi connectivity index (χ4n) is 2.08. The van der Waals surface area contributed by atoms with Gasteiger partial charge in [-0.2, -0.15) is 0 Å². The summed E-state index contributed by atoms with van der Waals surface area (Å²) in [6.07, 6.45) is 0. The topological polar surface area (TPSA) is 12.0 Å².